The number of nitrogens with one attached hydrogen (secondary N) is 2. The van der Waals surface area contributed by atoms with E-state index in [0.717, 1.165) is 10.5 Å². The monoisotopic (exact) mass is 322 g/mol. The van der Waals surface area contributed by atoms with Gasteiger partial charge in [-0.15, -0.1) is 0 Å². The van der Waals surface area contributed by atoms with E-state index in [1.54, 1.807) is 17.6 Å². The molecule has 0 saturated heterocycles. The van der Waals surface area contributed by atoms with Gasteiger partial charge in [-0.3, -0.25) is 14.7 Å². The van der Waals surface area contributed by atoms with Crippen LogP contribution in [0.3, 0.4) is 0 Å². The first-order chi connectivity index (χ1) is 10.1. The summed E-state index contributed by atoms with van der Waals surface area (Å²) in [5, 5.41) is 9.28. The summed E-state index contributed by atoms with van der Waals surface area (Å²) in [7, 11) is 0. The zero-order chi connectivity index (χ0) is 15.2. The topological polar surface area (TPSA) is 61.4 Å². The number of rotatable bonds is 5. The minimum Gasteiger partial charge on any atom is -0.288 e. The maximum absolute atomic E-state index is 11.2. The van der Waals surface area contributed by atoms with Gasteiger partial charge in [0.05, 0.1) is 0 Å². The zero-order valence-corrected chi connectivity index (χ0v) is 12.9. The molecule has 0 aliphatic heterocycles. The minimum absolute atomic E-state index is 0.108. The zero-order valence-electron chi connectivity index (χ0n) is 11.3. The molecular weight excluding hydrogens is 308 g/mol. The van der Waals surface area contributed by atoms with E-state index >= 15 is 0 Å². The van der Waals surface area contributed by atoms with Gasteiger partial charge in [0.25, 0.3) is 5.91 Å². The molecule has 0 aliphatic carbocycles. The van der Waals surface area contributed by atoms with Gasteiger partial charge in [0.2, 0.25) is 0 Å². The molecule has 110 valence electrons. The molecule has 0 aliphatic rings. The van der Waals surface area contributed by atoms with Gasteiger partial charge < -0.3 is 0 Å². The van der Waals surface area contributed by atoms with Crippen molar-refractivity contribution >= 4 is 29.5 Å². The summed E-state index contributed by atoms with van der Waals surface area (Å²) in [4.78, 5) is 12.3. The SMILES string of the molecule is CC(NSc1ccc(Cl)cc1)c1ccc(C(=O)NO)cc1. The molecule has 0 aromatic heterocycles. The summed E-state index contributed by atoms with van der Waals surface area (Å²) in [6, 6.07) is 14.7. The number of amides is 1. The lowest BCUT2D eigenvalue weighted by molar-refractivity contribution is 0.0706. The average molecular weight is 323 g/mol. The highest BCUT2D eigenvalue weighted by molar-refractivity contribution is 7.97. The lowest BCUT2D eigenvalue weighted by Gasteiger charge is -2.14. The molecule has 0 radical (unpaired) electrons. The fourth-order valence-corrected chi connectivity index (χ4v) is 2.56. The highest BCUT2D eigenvalue weighted by atomic mass is 35.5. The Balaban J connectivity index is 1.95. The van der Waals surface area contributed by atoms with Gasteiger partial charge in [-0.25, -0.2) is 5.48 Å². The molecule has 0 spiro atoms. The second-order valence-corrected chi connectivity index (χ2v) is 5.81. The van der Waals surface area contributed by atoms with E-state index in [0.29, 0.717) is 10.6 Å². The van der Waals surface area contributed by atoms with Crippen LogP contribution in [0.25, 0.3) is 0 Å². The molecule has 0 fully saturated rings. The molecule has 6 heteroatoms. The molecule has 0 bridgehead atoms. The summed E-state index contributed by atoms with van der Waals surface area (Å²) in [5.74, 6) is -0.516. The summed E-state index contributed by atoms with van der Waals surface area (Å²) in [6.45, 7) is 2.03. The van der Waals surface area contributed by atoms with E-state index in [2.05, 4.69) is 4.72 Å². The van der Waals surface area contributed by atoms with Crippen LogP contribution in [0.4, 0.5) is 0 Å². The van der Waals surface area contributed by atoms with Crippen molar-refractivity contribution in [2.24, 2.45) is 0 Å². The fraction of sp³-hybridized carbons (Fsp3) is 0.133. The standard InChI is InChI=1S/C15H15ClN2O2S/c1-10(18-21-14-8-6-13(16)7-9-14)11-2-4-12(5-3-11)15(19)17-20/h2-10,18,20H,1H3,(H,17,19). The third kappa shape index (κ3) is 4.47. The molecule has 3 N–H and O–H groups in total. The van der Waals surface area contributed by atoms with Crippen molar-refractivity contribution in [1.29, 1.82) is 0 Å². The normalized spacial score (nSPS) is 12.0. The van der Waals surface area contributed by atoms with Crippen LogP contribution < -0.4 is 10.2 Å². The Labute approximate surface area is 132 Å². The second-order valence-electron chi connectivity index (χ2n) is 4.46. The van der Waals surface area contributed by atoms with Crippen molar-refractivity contribution in [2.45, 2.75) is 17.9 Å². The number of halogens is 1. The second kappa shape index (κ2) is 7.47. The number of hydrogen-bond donors (Lipinski definition) is 3. The van der Waals surface area contributed by atoms with Crippen molar-refractivity contribution in [3.63, 3.8) is 0 Å². The Morgan fingerprint density at radius 3 is 2.33 bits per heavy atom. The molecule has 1 unspecified atom stereocenters. The predicted molar refractivity (Wildman–Crippen MR) is 84.6 cm³/mol. The van der Waals surface area contributed by atoms with Gasteiger partial charge in [0.15, 0.2) is 0 Å². The van der Waals surface area contributed by atoms with Crippen molar-refractivity contribution < 1.29 is 10.0 Å². The quantitative estimate of drug-likeness (QED) is 0.445. The lowest BCUT2D eigenvalue weighted by atomic mass is 10.1. The van der Waals surface area contributed by atoms with E-state index in [-0.39, 0.29) is 6.04 Å². The molecule has 1 atom stereocenters. The maximum atomic E-state index is 11.2. The average Bonchev–Trinajstić information content (AvgIpc) is 2.53. The van der Waals surface area contributed by atoms with Crippen LogP contribution in [0.15, 0.2) is 53.4 Å². The molecule has 1 amide bonds. The van der Waals surface area contributed by atoms with Crippen molar-refractivity contribution in [3.8, 4) is 0 Å². The Hall–Kier alpha value is -1.53. The van der Waals surface area contributed by atoms with Crippen molar-refractivity contribution in [2.75, 3.05) is 0 Å². The van der Waals surface area contributed by atoms with Crippen molar-refractivity contribution in [1.82, 2.24) is 10.2 Å². The molecule has 2 aromatic carbocycles. The van der Waals surface area contributed by atoms with Gasteiger partial charge in [0.1, 0.15) is 0 Å². The highest BCUT2D eigenvalue weighted by Crippen LogP contribution is 2.22. The molecule has 2 rings (SSSR count). The Bertz CT molecular complexity index is 602. The number of benzene rings is 2. The largest absolute Gasteiger partial charge is 0.288 e. The van der Waals surface area contributed by atoms with E-state index < -0.39 is 5.91 Å². The molecule has 0 saturated carbocycles. The van der Waals surface area contributed by atoms with Gasteiger partial charge in [-0.05, 0) is 60.8 Å². The number of carbonyl (C=O) groups is 1. The van der Waals surface area contributed by atoms with E-state index in [1.807, 2.05) is 43.3 Å². The Morgan fingerprint density at radius 1 is 1.14 bits per heavy atom. The first-order valence-electron chi connectivity index (χ1n) is 6.32. The van der Waals surface area contributed by atoms with E-state index in [1.165, 1.54) is 11.9 Å². The van der Waals surface area contributed by atoms with Crippen molar-refractivity contribution in [3.05, 3.63) is 64.7 Å². The fourth-order valence-electron chi connectivity index (χ4n) is 1.71. The Morgan fingerprint density at radius 2 is 1.76 bits per heavy atom. The number of hydroxylamine groups is 1. The highest BCUT2D eigenvalue weighted by Gasteiger charge is 2.08. The van der Waals surface area contributed by atoms with Crippen LogP contribution in [-0.4, -0.2) is 11.1 Å². The van der Waals surface area contributed by atoms with Gasteiger partial charge in [-0.1, -0.05) is 23.7 Å². The van der Waals surface area contributed by atoms with Crippen LogP contribution in [0.5, 0.6) is 0 Å². The van der Waals surface area contributed by atoms with Crippen LogP contribution in [0.1, 0.15) is 28.9 Å². The van der Waals surface area contributed by atoms with Gasteiger partial charge >= 0.3 is 0 Å². The minimum atomic E-state index is -0.516. The van der Waals surface area contributed by atoms with Crippen LogP contribution in [0.2, 0.25) is 5.02 Å². The smallest absolute Gasteiger partial charge is 0.274 e. The van der Waals surface area contributed by atoms with Gasteiger partial charge in [0, 0.05) is 21.5 Å². The first-order valence-corrected chi connectivity index (χ1v) is 7.52. The third-order valence-corrected chi connectivity index (χ3v) is 4.17. The predicted octanol–water partition coefficient (Wildman–Crippen LogP) is 3.82. The molecule has 0 heterocycles. The maximum Gasteiger partial charge on any atom is 0.274 e. The van der Waals surface area contributed by atoms with Crippen LogP contribution >= 0.6 is 23.5 Å². The lowest BCUT2D eigenvalue weighted by Crippen LogP contribution is -2.18. The summed E-state index contributed by atoms with van der Waals surface area (Å²) < 4.78 is 3.32. The van der Waals surface area contributed by atoms with E-state index in [9.17, 15) is 4.79 Å². The van der Waals surface area contributed by atoms with E-state index in [4.69, 9.17) is 16.8 Å². The third-order valence-electron chi connectivity index (χ3n) is 2.94. The molecule has 21 heavy (non-hydrogen) atoms. The molecular formula is C15H15ClN2O2S. The number of carbonyl (C=O) groups excluding carboxylic acids is 1. The summed E-state index contributed by atoms with van der Waals surface area (Å²) in [6.07, 6.45) is 0. The van der Waals surface area contributed by atoms with Crippen LogP contribution in [0, 0.1) is 0 Å². The summed E-state index contributed by atoms with van der Waals surface area (Å²) >= 11 is 7.36. The Kier molecular flexibility index (Phi) is 5.64. The van der Waals surface area contributed by atoms with Crippen LogP contribution in [-0.2, 0) is 0 Å². The van der Waals surface area contributed by atoms with Gasteiger partial charge in [-0.2, -0.15) is 0 Å². The molecule has 4 nitrogen and oxygen atoms in total. The first kappa shape index (κ1) is 15.9. The molecule has 2 aromatic rings. The summed E-state index contributed by atoms with van der Waals surface area (Å²) in [5.41, 5.74) is 3.07. The number of hydrogen-bond acceptors (Lipinski definition) is 4.